The first-order valence-electron chi connectivity index (χ1n) is 9.34. The maximum atomic E-state index is 12.1. The molecule has 8 heteroatoms. The lowest BCUT2D eigenvalue weighted by molar-refractivity contribution is 0.0998. The number of anilines is 1. The SMILES string of the molecule is C[C@@H](Oc1cc(-c2cnc3ccc(N(C)C)cn23)sc1C(N)=O)c1ccccc1Cl. The van der Waals surface area contributed by atoms with Gasteiger partial charge in [0.25, 0.3) is 5.91 Å². The van der Waals surface area contributed by atoms with Gasteiger partial charge in [-0.15, -0.1) is 11.3 Å². The van der Waals surface area contributed by atoms with Gasteiger partial charge in [-0.3, -0.25) is 9.20 Å². The van der Waals surface area contributed by atoms with Crippen LogP contribution in [0.3, 0.4) is 0 Å². The lowest BCUT2D eigenvalue weighted by atomic mass is 10.1. The zero-order chi connectivity index (χ0) is 21.4. The zero-order valence-electron chi connectivity index (χ0n) is 16.8. The molecule has 0 aliphatic heterocycles. The molecule has 1 aromatic carbocycles. The molecule has 0 saturated heterocycles. The molecule has 3 aromatic heterocycles. The summed E-state index contributed by atoms with van der Waals surface area (Å²) in [5.74, 6) is -0.0935. The Labute approximate surface area is 183 Å². The largest absolute Gasteiger partial charge is 0.484 e. The van der Waals surface area contributed by atoms with Gasteiger partial charge in [-0.1, -0.05) is 29.8 Å². The van der Waals surface area contributed by atoms with Crippen molar-refractivity contribution in [1.82, 2.24) is 9.38 Å². The van der Waals surface area contributed by atoms with Gasteiger partial charge in [0.05, 0.1) is 22.5 Å². The number of aromatic nitrogens is 2. The Bertz CT molecular complexity index is 1230. The molecule has 30 heavy (non-hydrogen) atoms. The Kier molecular flexibility index (Phi) is 5.40. The van der Waals surface area contributed by atoms with Crippen molar-refractivity contribution in [2.75, 3.05) is 19.0 Å². The van der Waals surface area contributed by atoms with E-state index in [1.807, 2.05) is 79.0 Å². The number of ether oxygens (including phenoxy) is 1. The summed E-state index contributed by atoms with van der Waals surface area (Å²) in [5, 5.41) is 0.610. The number of amides is 1. The Morgan fingerprint density at radius 3 is 2.73 bits per heavy atom. The van der Waals surface area contributed by atoms with E-state index in [9.17, 15) is 4.79 Å². The Hall–Kier alpha value is -3.03. The number of rotatable bonds is 6. The van der Waals surface area contributed by atoms with Gasteiger partial charge < -0.3 is 15.4 Å². The predicted octanol–water partition coefficient (Wildman–Crippen LogP) is 5.02. The van der Waals surface area contributed by atoms with Gasteiger partial charge in [-0.2, -0.15) is 0 Å². The van der Waals surface area contributed by atoms with Gasteiger partial charge >= 0.3 is 0 Å². The average molecular weight is 441 g/mol. The van der Waals surface area contributed by atoms with Gasteiger partial charge in [0.1, 0.15) is 22.4 Å². The second kappa shape index (κ2) is 8.01. The fraction of sp³-hybridized carbons (Fsp3) is 0.182. The van der Waals surface area contributed by atoms with Crippen LogP contribution in [0, 0.1) is 0 Å². The molecule has 1 atom stereocenters. The van der Waals surface area contributed by atoms with E-state index in [0.29, 0.717) is 15.6 Å². The molecule has 0 radical (unpaired) electrons. The summed E-state index contributed by atoms with van der Waals surface area (Å²) < 4.78 is 8.11. The molecule has 4 aromatic rings. The van der Waals surface area contributed by atoms with Crippen LogP contribution in [-0.4, -0.2) is 29.4 Å². The van der Waals surface area contributed by atoms with Crippen LogP contribution < -0.4 is 15.4 Å². The molecule has 154 valence electrons. The number of nitrogens with two attached hydrogens (primary N) is 1. The van der Waals surface area contributed by atoms with Crippen molar-refractivity contribution in [2.45, 2.75) is 13.0 Å². The van der Waals surface area contributed by atoms with Crippen LogP contribution in [0.15, 0.2) is 54.9 Å². The fourth-order valence-corrected chi connectivity index (χ4v) is 4.47. The minimum absolute atomic E-state index is 0.346. The molecule has 6 nitrogen and oxygen atoms in total. The van der Waals surface area contributed by atoms with E-state index in [2.05, 4.69) is 4.98 Å². The Morgan fingerprint density at radius 1 is 1.27 bits per heavy atom. The second-order valence-corrected chi connectivity index (χ2v) is 8.56. The summed E-state index contributed by atoms with van der Waals surface area (Å²) in [6, 6.07) is 13.3. The summed E-state index contributed by atoms with van der Waals surface area (Å²) in [6.07, 6.45) is 3.45. The minimum Gasteiger partial charge on any atom is -0.484 e. The van der Waals surface area contributed by atoms with Crippen molar-refractivity contribution in [3.63, 3.8) is 0 Å². The quantitative estimate of drug-likeness (QED) is 0.456. The molecule has 0 unspecified atom stereocenters. The molecular formula is C22H21ClN4O2S. The van der Waals surface area contributed by atoms with E-state index in [1.54, 1.807) is 6.20 Å². The smallest absolute Gasteiger partial charge is 0.262 e. The third-order valence-corrected chi connectivity index (χ3v) is 6.33. The van der Waals surface area contributed by atoms with E-state index in [1.165, 1.54) is 11.3 Å². The van der Waals surface area contributed by atoms with Crippen LogP contribution in [0.1, 0.15) is 28.3 Å². The minimum atomic E-state index is -0.532. The third kappa shape index (κ3) is 3.74. The monoisotopic (exact) mass is 440 g/mol. The van der Waals surface area contributed by atoms with Crippen LogP contribution in [0.2, 0.25) is 5.02 Å². The van der Waals surface area contributed by atoms with E-state index in [0.717, 1.165) is 27.5 Å². The summed E-state index contributed by atoms with van der Waals surface area (Å²) in [7, 11) is 3.96. The molecule has 2 N–H and O–H groups in total. The number of carbonyl (C=O) groups is 1. The number of pyridine rings is 1. The highest BCUT2D eigenvalue weighted by atomic mass is 35.5. The third-order valence-electron chi connectivity index (χ3n) is 4.83. The first-order valence-corrected chi connectivity index (χ1v) is 10.5. The average Bonchev–Trinajstić information content (AvgIpc) is 3.31. The van der Waals surface area contributed by atoms with E-state index in [-0.39, 0.29) is 6.10 Å². The van der Waals surface area contributed by atoms with E-state index < -0.39 is 5.91 Å². The van der Waals surface area contributed by atoms with Crippen LogP contribution in [0.25, 0.3) is 16.2 Å². The number of hydrogen-bond donors (Lipinski definition) is 1. The number of imidazole rings is 1. The lowest BCUT2D eigenvalue weighted by Crippen LogP contribution is -2.12. The summed E-state index contributed by atoms with van der Waals surface area (Å²) in [4.78, 5) is 19.8. The van der Waals surface area contributed by atoms with Crippen molar-refractivity contribution in [3.8, 4) is 16.3 Å². The van der Waals surface area contributed by atoms with Crippen molar-refractivity contribution >= 4 is 40.2 Å². The highest BCUT2D eigenvalue weighted by Gasteiger charge is 2.21. The molecule has 4 rings (SSSR count). The molecule has 0 fully saturated rings. The van der Waals surface area contributed by atoms with Crippen LogP contribution in [-0.2, 0) is 0 Å². The molecular weight excluding hydrogens is 420 g/mol. The molecule has 0 saturated carbocycles. The van der Waals surface area contributed by atoms with Crippen molar-refractivity contribution in [1.29, 1.82) is 0 Å². The number of carbonyl (C=O) groups excluding carboxylic acids is 1. The van der Waals surface area contributed by atoms with Crippen molar-refractivity contribution in [2.24, 2.45) is 5.73 Å². The van der Waals surface area contributed by atoms with Crippen molar-refractivity contribution in [3.05, 3.63) is 70.3 Å². The van der Waals surface area contributed by atoms with Gasteiger partial charge in [-0.25, -0.2) is 4.98 Å². The number of benzene rings is 1. The fourth-order valence-electron chi connectivity index (χ4n) is 3.23. The molecule has 3 heterocycles. The standard InChI is InChI=1S/C22H21ClN4O2S/c1-13(15-6-4-5-7-16(15)23)29-18-10-19(30-21(18)22(24)28)17-11-25-20-9-8-14(26(2)3)12-27(17)20/h4-13H,1-3H3,(H2,24,28)/t13-/m1/s1. The van der Waals surface area contributed by atoms with Gasteiger partial charge in [0.2, 0.25) is 0 Å². The van der Waals surface area contributed by atoms with Crippen LogP contribution in [0.5, 0.6) is 5.75 Å². The van der Waals surface area contributed by atoms with Crippen LogP contribution in [0.4, 0.5) is 5.69 Å². The number of thiophene rings is 1. The predicted molar refractivity (Wildman–Crippen MR) is 122 cm³/mol. The van der Waals surface area contributed by atoms with E-state index in [4.69, 9.17) is 22.1 Å². The lowest BCUT2D eigenvalue weighted by Gasteiger charge is -2.16. The van der Waals surface area contributed by atoms with Crippen molar-refractivity contribution < 1.29 is 9.53 Å². The molecule has 1 amide bonds. The summed E-state index contributed by atoms with van der Waals surface area (Å²) in [5.41, 5.74) is 9.20. The summed E-state index contributed by atoms with van der Waals surface area (Å²) in [6.45, 7) is 1.89. The zero-order valence-corrected chi connectivity index (χ0v) is 18.4. The topological polar surface area (TPSA) is 72.9 Å². The number of primary amides is 1. The number of nitrogens with zero attached hydrogens (tertiary/aromatic N) is 3. The maximum Gasteiger partial charge on any atom is 0.262 e. The number of hydrogen-bond acceptors (Lipinski definition) is 5. The molecule has 0 aliphatic carbocycles. The normalized spacial score (nSPS) is 12.1. The number of halogens is 1. The van der Waals surface area contributed by atoms with Gasteiger partial charge in [0.15, 0.2) is 0 Å². The molecule has 0 aliphatic rings. The Morgan fingerprint density at radius 2 is 2.03 bits per heavy atom. The second-order valence-electron chi connectivity index (χ2n) is 7.10. The molecule has 0 spiro atoms. The highest BCUT2D eigenvalue weighted by Crippen LogP contribution is 2.39. The first-order chi connectivity index (χ1) is 14.3. The maximum absolute atomic E-state index is 12.1. The number of fused-ring (bicyclic) bond motifs is 1. The highest BCUT2D eigenvalue weighted by molar-refractivity contribution is 7.17. The molecule has 0 bridgehead atoms. The summed E-state index contributed by atoms with van der Waals surface area (Å²) >= 11 is 7.58. The Balaban J connectivity index is 1.75. The van der Waals surface area contributed by atoms with Crippen LogP contribution >= 0.6 is 22.9 Å². The van der Waals surface area contributed by atoms with E-state index >= 15 is 0 Å². The van der Waals surface area contributed by atoms with Gasteiger partial charge in [-0.05, 0) is 25.1 Å². The van der Waals surface area contributed by atoms with Gasteiger partial charge in [0, 0.05) is 36.9 Å². The first kappa shape index (κ1) is 20.3.